The molecule has 4 aromatic rings. The normalized spacial score (nSPS) is 25.9. The van der Waals surface area contributed by atoms with Gasteiger partial charge in [0.25, 0.3) is 5.91 Å². The van der Waals surface area contributed by atoms with Gasteiger partial charge in [0, 0.05) is 16.6 Å². The van der Waals surface area contributed by atoms with Gasteiger partial charge in [-0.15, -0.1) is 5.10 Å². The molecule has 7 nitrogen and oxygen atoms in total. The lowest BCUT2D eigenvalue weighted by atomic mass is 9.48. The van der Waals surface area contributed by atoms with Gasteiger partial charge in [0.05, 0.1) is 23.5 Å². The molecule has 8 rings (SSSR count). The third-order valence-electron chi connectivity index (χ3n) is 8.57. The molecule has 4 aliphatic carbocycles. The molecule has 0 radical (unpaired) electrons. The molecule has 188 valence electrons. The fourth-order valence-electron chi connectivity index (χ4n) is 7.44. The second kappa shape index (κ2) is 8.84. The quantitative estimate of drug-likeness (QED) is 0.349. The summed E-state index contributed by atoms with van der Waals surface area (Å²) < 4.78 is 3.55. The van der Waals surface area contributed by atoms with Crippen molar-refractivity contribution in [3.05, 3.63) is 89.0 Å². The Balaban J connectivity index is 1.20. The number of benzene rings is 2. The van der Waals surface area contributed by atoms with E-state index in [9.17, 15) is 4.79 Å². The van der Waals surface area contributed by atoms with Crippen molar-refractivity contribution in [1.82, 2.24) is 24.5 Å². The van der Waals surface area contributed by atoms with Crippen LogP contribution in [0.1, 0.15) is 60.1 Å². The number of hydrogen-bond donors (Lipinski definition) is 1. The maximum Gasteiger partial charge on any atom is 0.261 e. The minimum atomic E-state index is -0.205. The average Bonchev–Trinajstić information content (AvgIpc) is 3.53. The van der Waals surface area contributed by atoms with E-state index in [0.717, 1.165) is 54.0 Å². The number of halogens is 1. The minimum absolute atomic E-state index is 0.0156. The molecule has 8 heteroatoms. The Morgan fingerprint density at radius 2 is 1.62 bits per heavy atom. The molecular weight excluding hydrogens is 484 g/mol. The lowest BCUT2D eigenvalue weighted by Gasteiger charge is -2.56. The van der Waals surface area contributed by atoms with Crippen LogP contribution in [0.4, 0.5) is 5.95 Å². The molecule has 4 fully saturated rings. The van der Waals surface area contributed by atoms with Crippen LogP contribution < -0.4 is 5.32 Å². The van der Waals surface area contributed by atoms with Crippen LogP contribution in [0.3, 0.4) is 0 Å². The molecule has 0 unspecified atom stereocenters. The lowest BCUT2D eigenvalue weighted by molar-refractivity contribution is -0.00765. The molecular formula is C29H29ClN6O. The van der Waals surface area contributed by atoms with Gasteiger partial charge < -0.3 is 0 Å². The Morgan fingerprint density at radius 3 is 2.32 bits per heavy atom. The average molecular weight is 513 g/mol. The summed E-state index contributed by atoms with van der Waals surface area (Å²) in [6.07, 6.45) is 10.9. The standard InChI is InChI=1S/C29H29ClN6O/c30-25-9-5-4-6-22(25)16-35-18-31-28(34-35)32-27(37)24-17-36(23-7-2-1-3-8-23)33-26(24)29-13-19-10-20(14-29)12-21(11-19)15-29/h1-9,17-21H,10-16H2,(H,32,34,37). The van der Waals surface area contributed by atoms with Crippen molar-refractivity contribution in [2.45, 2.75) is 50.5 Å². The van der Waals surface area contributed by atoms with Crippen molar-refractivity contribution in [3.63, 3.8) is 0 Å². The first-order chi connectivity index (χ1) is 18.0. The van der Waals surface area contributed by atoms with Crippen LogP contribution in [0.5, 0.6) is 0 Å². The monoisotopic (exact) mass is 512 g/mol. The first-order valence-electron chi connectivity index (χ1n) is 13.1. The fraction of sp³-hybridized carbons (Fsp3) is 0.379. The van der Waals surface area contributed by atoms with E-state index >= 15 is 0 Å². The second-order valence-electron chi connectivity index (χ2n) is 11.2. The number of carbonyl (C=O) groups excluding carboxylic acids is 1. The van der Waals surface area contributed by atoms with Crippen LogP contribution in [0, 0.1) is 17.8 Å². The molecule has 0 spiro atoms. The highest BCUT2D eigenvalue weighted by Gasteiger charge is 2.54. The number of amides is 1. The Hall–Kier alpha value is -3.45. The molecule has 4 saturated carbocycles. The predicted molar refractivity (Wildman–Crippen MR) is 142 cm³/mol. The predicted octanol–water partition coefficient (Wildman–Crippen LogP) is 5.89. The highest BCUT2D eigenvalue weighted by atomic mass is 35.5. The molecule has 37 heavy (non-hydrogen) atoms. The number of anilines is 1. The van der Waals surface area contributed by atoms with Crippen molar-refractivity contribution >= 4 is 23.5 Å². The van der Waals surface area contributed by atoms with E-state index in [2.05, 4.69) is 15.4 Å². The van der Waals surface area contributed by atoms with Crippen molar-refractivity contribution in [1.29, 1.82) is 0 Å². The largest absolute Gasteiger partial charge is 0.289 e. The van der Waals surface area contributed by atoms with Gasteiger partial charge >= 0.3 is 0 Å². The number of aromatic nitrogens is 5. The summed E-state index contributed by atoms with van der Waals surface area (Å²) in [7, 11) is 0. The first kappa shape index (κ1) is 22.7. The Kier molecular flexibility index (Phi) is 5.43. The zero-order valence-electron chi connectivity index (χ0n) is 20.6. The first-order valence-corrected chi connectivity index (χ1v) is 13.5. The van der Waals surface area contributed by atoms with Gasteiger partial charge in [0.1, 0.15) is 6.33 Å². The summed E-state index contributed by atoms with van der Waals surface area (Å²) in [6.45, 7) is 0.479. The van der Waals surface area contributed by atoms with E-state index in [4.69, 9.17) is 16.7 Å². The van der Waals surface area contributed by atoms with Crippen LogP contribution >= 0.6 is 11.6 Å². The highest BCUT2D eigenvalue weighted by molar-refractivity contribution is 6.31. The van der Waals surface area contributed by atoms with E-state index in [-0.39, 0.29) is 17.3 Å². The van der Waals surface area contributed by atoms with Crippen molar-refractivity contribution in [2.24, 2.45) is 17.8 Å². The lowest BCUT2D eigenvalue weighted by Crippen LogP contribution is -2.49. The number of hydrogen-bond acceptors (Lipinski definition) is 4. The molecule has 4 aliphatic rings. The third-order valence-corrected chi connectivity index (χ3v) is 8.94. The van der Waals surface area contributed by atoms with Gasteiger partial charge in [0.15, 0.2) is 0 Å². The maximum absolute atomic E-state index is 13.7. The van der Waals surface area contributed by atoms with Crippen LogP contribution in [0.25, 0.3) is 5.69 Å². The van der Waals surface area contributed by atoms with E-state index in [0.29, 0.717) is 17.1 Å². The van der Waals surface area contributed by atoms with Gasteiger partial charge in [-0.05, 0) is 80.0 Å². The third kappa shape index (κ3) is 4.15. The molecule has 1 N–H and O–H groups in total. The van der Waals surface area contributed by atoms with E-state index in [1.165, 1.54) is 19.3 Å². The fourth-order valence-corrected chi connectivity index (χ4v) is 7.64. The summed E-state index contributed by atoms with van der Waals surface area (Å²) >= 11 is 6.30. The Morgan fingerprint density at radius 1 is 0.946 bits per heavy atom. The Bertz CT molecular complexity index is 1420. The van der Waals surface area contributed by atoms with Gasteiger partial charge in [-0.2, -0.15) is 5.10 Å². The van der Waals surface area contributed by atoms with Crippen molar-refractivity contribution in [3.8, 4) is 5.69 Å². The summed E-state index contributed by atoms with van der Waals surface area (Å²) in [5, 5.41) is 13.2. The van der Waals surface area contributed by atoms with Gasteiger partial charge in [-0.25, -0.2) is 14.3 Å². The molecule has 0 aliphatic heterocycles. The van der Waals surface area contributed by atoms with Crippen LogP contribution in [0.2, 0.25) is 5.02 Å². The van der Waals surface area contributed by atoms with Crippen molar-refractivity contribution < 1.29 is 4.79 Å². The van der Waals surface area contributed by atoms with Gasteiger partial charge in [0.2, 0.25) is 5.95 Å². The summed E-state index contributed by atoms with van der Waals surface area (Å²) in [6, 6.07) is 17.7. The maximum atomic E-state index is 13.7. The number of carbonyl (C=O) groups is 1. The molecule has 1 amide bonds. The van der Waals surface area contributed by atoms with E-state index in [1.54, 1.807) is 11.0 Å². The number of nitrogens with zero attached hydrogens (tertiary/aromatic N) is 5. The summed E-state index contributed by atoms with van der Waals surface area (Å²) in [5.41, 5.74) is 3.46. The molecule has 0 saturated heterocycles. The summed E-state index contributed by atoms with van der Waals surface area (Å²) in [5.74, 6) is 2.34. The van der Waals surface area contributed by atoms with Crippen LogP contribution in [-0.4, -0.2) is 30.5 Å². The topological polar surface area (TPSA) is 77.6 Å². The van der Waals surface area contributed by atoms with E-state index < -0.39 is 0 Å². The second-order valence-corrected chi connectivity index (χ2v) is 11.6. The number of para-hydroxylation sites is 1. The molecule has 4 bridgehead atoms. The highest BCUT2D eigenvalue weighted by Crippen LogP contribution is 2.60. The molecule has 2 aromatic heterocycles. The van der Waals surface area contributed by atoms with Gasteiger partial charge in [-0.3, -0.25) is 10.1 Å². The summed E-state index contributed by atoms with van der Waals surface area (Å²) in [4.78, 5) is 18.1. The zero-order valence-corrected chi connectivity index (χ0v) is 21.3. The molecule has 2 heterocycles. The van der Waals surface area contributed by atoms with E-state index in [1.807, 2.05) is 65.5 Å². The van der Waals surface area contributed by atoms with Crippen LogP contribution in [-0.2, 0) is 12.0 Å². The minimum Gasteiger partial charge on any atom is -0.289 e. The smallest absolute Gasteiger partial charge is 0.261 e. The SMILES string of the molecule is O=C(Nc1ncn(Cc2ccccc2Cl)n1)c1cn(-c2ccccc2)nc1C12CC3CC(CC(C3)C1)C2. The molecule has 0 atom stereocenters. The number of rotatable bonds is 6. The zero-order chi connectivity index (χ0) is 25.0. The number of nitrogens with one attached hydrogen (secondary N) is 1. The van der Waals surface area contributed by atoms with Gasteiger partial charge in [-0.1, -0.05) is 48.0 Å². The Labute approximate surface area is 220 Å². The molecule has 2 aromatic carbocycles. The van der Waals surface area contributed by atoms with Crippen molar-refractivity contribution in [2.75, 3.05) is 5.32 Å². The van der Waals surface area contributed by atoms with Crippen LogP contribution in [0.15, 0.2) is 67.1 Å².